The van der Waals surface area contributed by atoms with E-state index in [0.717, 1.165) is 10.9 Å². The van der Waals surface area contributed by atoms with Crippen molar-refractivity contribution in [1.82, 2.24) is 9.29 Å². The Bertz CT molecular complexity index is 1350. The van der Waals surface area contributed by atoms with Crippen LogP contribution in [0.3, 0.4) is 0 Å². The lowest BCUT2D eigenvalue weighted by atomic mass is 10.1. The molecule has 34 heavy (non-hydrogen) atoms. The molecule has 0 bridgehead atoms. The van der Waals surface area contributed by atoms with Gasteiger partial charge in [-0.3, -0.25) is 4.79 Å². The number of pyridine rings is 1. The van der Waals surface area contributed by atoms with Crippen LogP contribution in [0, 0.1) is 6.92 Å². The highest BCUT2D eigenvalue weighted by molar-refractivity contribution is 7.89. The second-order valence-electron chi connectivity index (χ2n) is 8.39. The zero-order valence-corrected chi connectivity index (χ0v) is 19.6. The normalized spacial score (nSPS) is 18.4. The molecule has 10 heteroatoms. The van der Waals surface area contributed by atoms with E-state index < -0.39 is 16.1 Å². The molecule has 2 aromatic carbocycles. The number of H-pyrrole nitrogens is 1. The van der Waals surface area contributed by atoms with E-state index in [1.165, 1.54) is 4.31 Å². The molecular formula is C24H26N2O7S. The number of fused-ring (bicyclic) bond motifs is 2. The number of aromatic amines is 1. The van der Waals surface area contributed by atoms with Crippen molar-refractivity contribution < 1.29 is 27.4 Å². The largest absolute Gasteiger partial charge is 0.486 e. The van der Waals surface area contributed by atoms with Gasteiger partial charge in [0.1, 0.15) is 13.2 Å². The lowest BCUT2D eigenvalue weighted by Crippen LogP contribution is -2.43. The third-order valence-corrected chi connectivity index (χ3v) is 7.71. The second-order valence-corrected chi connectivity index (χ2v) is 10.3. The third-order valence-electron chi connectivity index (χ3n) is 5.88. The van der Waals surface area contributed by atoms with Crippen molar-refractivity contribution in [2.45, 2.75) is 24.5 Å². The fourth-order valence-electron chi connectivity index (χ4n) is 4.07. The highest BCUT2D eigenvalue weighted by Crippen LogP contribution is 2.34. The number of ether oxygens (including phenoxy) is 4. The van der Waals surface area contributed by atoms with E-state index in [9.17, 15) is 13.2 Å². The predicted octanol–water partition coefficient (Wildman–Crippen LogP) is 2.21. The summed E-state index contributed by atoms with van der Waals surface area (Å²) in [4.78, 5) is 15.9. The van der Waals surface area contributed by atoms with Gasteiger partial charge in [-0.2, -0.15) is 4.31 Å². The molecule has 180 valence electrons. The van der Waals surface area contributed by atoms with Gasteiger partial charge in [0.2, 0.25) is 10.0 Å². The van der Waals surface area contributed by atoms with Gasteiger partial charge in [-0.05, 0) is 31.2 Å². The monoisotopic (exact) mass is 486 g/mol. The standard InChI is InChI=1S/C24H26N2O7S/c1-16-2-4-20(5-3-16)34(28,29)26(14-19-15-30-6-7-31-19)13-18-10-17-11-22-23(33-9-8-32-22)12-21(17)25-24(18)27/h2-5,10-12,19H,6-9,13-15H2,1H3,(H,25,27)/t19-/m0/s1. The molecule has 0 saturated carbocycles. The van der Waals surface area contributed by atoms with Crippen LogP contribution in [-0.4, -0.2) is 63.4 Å². The lowest BCUT2D eigenvalue weighted by Gasteiger charge is -2.29. The summed E-state index contributed by atoms with van der Waals surface area (Å²) in [6.07, 6.45) is -0.425. The molecule has 2 aliphatic rings. The van der Waals surface area contributed by atoms with Crippen LogP contribution in [0.15, 0.2) is 52.2 Å². The summed E-state index contributed by atoms with van der Waals surface area (Å²) >= 11 is 0. The molecule has 3 aromatic rings. The van der Waals surface area contributed by atoms with E-state index in [0.29, 0.717) is 49.0 Å². The topological polar surface area (TPSA) is 107 Å². The van der Waals surface area contributed by atoms with Crippen LogP contribution in [0.5, 0.6) is 11.5 Å². The first-order valence-corrected chi connectivity index (χ1v) is 12.6. The number of benzene rings is 2. The van der Waals surface area contributed by atoms with Crippen molar-refractivity contribution in [2.75, 3.05) is 39.6 Å². The Hall–Kier alpha value is -2.92. The second kappa shape index (κ2) is 9.38. The maximum atomic E-state index is 13.6. The molecule has 0 unspecified atom stereocenters. The fraction of sp³-hybridized carbons (Fsp3) is 0.375. The summed E-state index contributed by atoms with van der Waals surface area (Å²) in [5, 5.41) is 0.726. The molecule has 1 atom stereocenters. The molecule has 0 amide bonds. The molecule has 1 aromatic heterocycles. The predicted molar refractivity (Wildman–Crippen MR) is 125 cm³/mol. The molecule has 9 nitrogen and oxygen atoms in total. The van der Waals surface area contributed by atoms with Crippen molar-refractivity contribution in [2.24, 2.45) is 0 Å². The van der Waals surface area contributed by atoms with Crippen molar-refractivity contribution >= 4 is 20.9 Å². The van der Waals surface area contributed by atoms with Gasteiger partial charge >= 0.3 is 0 Å². The van der Waals surface area contributed by atoms with E-state index in [-0.39, 0.29) is 30.2 Å². The molecule has 1 saturated heterocycles. The van der Waals surface area contributed by atoms with E-state index in [1.807, 2.05) is 6.92 Å². The highest BCUT2D eigenvalue weighted by atomic mass is 32.2. The minimum Gasteiger partial charge on any atom is -0.486 e. The van der Waals surface area contributed by atoms with E-state index in [1.54, 1.807) is 42.5 Å². The van der Waals surface area contributed by atoms with Gasteiger partial charge in [-0.15, -0.1) is 0 Å². The third kappa shape index (κ3) is 4.67. The number of hydrogen-bond donors (Lipinski definition) is 1. The average molecular weight is 487 g/mol. The number of nitrogens with one attached hydrogen (secondary N) is 1. The zero-order chi connectivity index (χ0) is 23.7. The maximum Gasteiger partial charge on any atom is 0.252 e. The molecule has 2 aliphatic heterocycles. The summed E-state index contributed by atoms with van der Waals surface area (Å²) in [6, 6.07) is 11.9. The smallest absolute Gasteiger partial charge is 0.252 e. The number of sulfonamides is 1. The van der Waals surface area contributed by atoms with Gasteiger partial charge in [-0.25, -0.2) is 8.42 Å². The van der Waals surface area contributed by atoms with Crippen LogP contribution in [-0.2, 0) is 26.0 Å². The quantitative estimate of drug-likeness (QED) is 0.569. The summed E-state index contributed by atoms with van der Waals surface area (Å²) < 4.78 is 50.8. The first-order chi connectivity index (χ1) is 16.4. The fourth-order valence-corrected chi connectivity index (χ4v) is 5.52. The minimum absolute atomic E-state index is 0.0643. The zero-order valence-electron chi connectivity index (χ0n) is 18.8. The van der Waals surface area contributed by atoms with Crippen LogP contribution in [0.4, 0.5) is 0 Å². The molecule has 0 spiro atoms. The van der Waals surface area contributed by atoms with Crippen molar-refractivity contribution in [3.8, 4) is 11.5 Å². The van der Waals surface area contributed by atoms with Crippen molar-refractivity contribution in [1.29, 1.82) is 0 Å². The molecule has 1 N–H and O–H groups in total. The number of aryl methyl sites for hydroxylation is 1. The Labute approximate surface area is 197 Å². The van der Waals surface area contributed by atoms with Crippen LogP contribution in [0.1, 0.15) is 11.1 Å². The van der Waals surface area contributed by atoms with E-state index >= 15 is 0 Å². The first kappa shape index (κ1) is 22.9. The van der Waals surface area contributed by atoms with E-state index in [2.05, 4.69) is 4.98 Å². The minimum atomic E-state index is -3.90. The van der Waals surface area contributed by atoms with Gasteiger partial charge in [0.05, 0.1) is 36.3 Å². The lowest BCUT2D eigenvalue weighted by molar-refractivity contribution is -0.0923. The summed E-state index contributed by atoms with van der Waals surface area (Å²) in [7, 11) is -3.90. The Kier molecular flexibility index (Phi) is 6.30. The molecule has 1 fully saturated rings. The van der Waals surface area contributed by atoms with Crippen molar-refractivity contribution in [3.63, 3.8) is 0 Å². The summed E-state index contributed by atoms with van der Waals surface area (Å²) in [6.45, 7) is 3.89. The SMILES string of the molecule is Cc1ccc(S(=O)(=O)N(Cc2cc3cc4c(cc3[nH]c2=O)OCCO4)C[C@H]2COCCO2)cc1. The van der Waals surface area contributed by atoms with Gasteiger partial charge in [0.25, 0.3) is 5.56 Å². The Morgan fingerprint density at radius 3 is 2.44 bits per heavy atom. The maximum absolute atomic E-state index is 13.6. The molecule has 5 rings (SSSR count). The number of rotatable bonds is 6. The Balaban J connectivity index is 1.51. The Morgan fingerprint density at radius 2 is 1.74 bits per heavy atom. The van der Waals surface area contributed by atoms with Gasteiger partial charge in [-0.1, -0.05) is 17.7 Å². The van der Waals surface area contributed by atoms with Gasteiger partial charge in [0, 0.05) is 30.1 Å². The van der Waals surface area contributed by atoms with Crippen LogP contribution in [0.2, 0.25) is 0 Å². The number of nitrogens with zero attached hydrogens (tertiary/aromatic N) is 1. The van der Waals surface area contributed by atoms with Gasteiger partial charge < -0.3 is 23.9 Å². The molecule has 3 heterocycles. The molecular weight excluding hydrogens is 460 g/mol. The van der Waals surface area contributed by atoms with Crippen LogP contribution >= 0.6 is 0 Å². The van der Waals surface area contributed by atoms with Crippen LogP contribution in [0.25, 0.3) is 10.9 Å². The number of hydrogen-bond acceptors (Lipinski definition) is 7. The first-order valence-electron chi connectivity index (χ1n) is 11.1. The van der Waals surface area contributed by atoms with Crippen LogP contribution < -0.4 is 15.0 Å². The molecule has 0 aliphatic carbocycles. The summed E-state index contributed by atoms with van der Waals surface area (Å²) in [5.74, 6) is 1.16. The van der Waals surface area contributed by atoms with Crippen molar-refractivity contribution in [3.05, 3.63) is 63.9 Å². The highest BCUT2D eigenvalue weighted by Gasteiger charge is 2.30. The summed E-state index contributed by atoms with van der Waals surface area (Å²) in [5.41, 5.74) is 1.50. The number of aromatic nitrogens is 1. The van der Waals surface area contributed by atoms with E-state index in [4.69, 9.17) is 18.9 Å². The van der Waals surface area contributed by atoms with Gasteiger partial charge in [0.15, 0.2) is 11.5 Å². The average Bonchev–Trinajstić information content (AvgIpc) is 2.84. The molecule has 0 radical (unpaired) electrons. The Morgan fingerprint density at radius 1 is 1.00 bits per heavy atom.